The van der Waals surface area contributed by atoms with Crippen molar-refractivity contribution in [3.8, 4) is 5.75 Å². The van der Waals surface area contributed by atoms with Crippen molar-refractivity contribution in [3.63, 3.8) is 0 Å². The van der Waals surface area contributed by atoms with Crippen LogP contribution in [0.4, 0.5) is 10.1 Å². The molecule has 0 heterocycles. The van der Waals surface area contributed by atoms with E-state index in [-0.39, 0.29) is 10.0 Å². The maximum absolute atomic E-state index is 13.3. The Labute approximate surface area is 96.9 Å². The van der Waals surface area contributed by atoms with Crippen LogP contribution < -0.4 is 0 Å². The van der Waals surface area contributed by atoms with E-state index in [0.717, 1.165) is 13.2 Å². The molecule has 0 fully saturated rings. The number of benzene rings is 1. The third-order valence-electron chi connectivity index (χ3n) is 1.76. The van der Waals surface area contributed by atoms with Gasteiger partial charge in [0.05, 0.1) is 22.1 Å². The van der Waals surface area contributed by atoms with Crippen LogP contribution in [0.5, 0.6) is 5.75 Å². The van der Waals surface area contributed by atoms with E-state index in [1.807, 2.05) is 0 Å². The molecule has 0 aromatic heterocycles. The first-order chi connectivity index (χ1) is 7.40. The van der Waals surface area contributed by atoms with Gasteiger partial charge in [0.2, 0.25) is 5.75 Å². The molecule has 0 saturated heterocycles. The third kappa shape index (κ3) is 1.96. The zero-order chi connectivity index (χ0) is 12.5. The number of ether oxygens (including phenoxy) is 1. The number of hydrogen-bond acceptors (Lipinski definition) is 5. The minimum Gasteiger partial charge on any atom is -0.500 e. The number of phenolic OH excluding ortho intramolecular Hbond substituents is 1. The maximum atomic E-state index is 13.3. The lowest BCUT2D eigenvalue weighted by atomic mass is 10.2. The Balaban J connectivity index is 3.53. The molecule has 6 nitrogen and oxygen atoms in total. The average molecular weight is 294 g/mol. The standard InChI is InChI=1S/C8H5BrFNO5/c1-16-8(13)3-2-4(11(14)15)7(12)6(10)5(3)9/h2,12H,1H3. The first-order valence-corrected chi connectivity index (χ1v) is 4.63. The lowest BCUT2D eigenvalue weighted by Gasteiger charge is -2.05. The van der Waals surface area contributed by atoms with Gasteiger partial charge in [-0.2, -0.15) is 0 Å². The van der Waals surface area contributed by atoms with E-state index in [4.69, 9.17) is 5.11 Å². The lowest BCUT2D eigenvalue weighted by Crippen LogP contribution is -2.05. The molecule has 1 aromatic carbocycles. The summed E-state index contributed by atoms with van der Waals surface area (Å²) >= 11 is 2.70. The molecule has 0 saturated carbocycles. The number of rotatable bonds is 2. The summed E-state index contributed by atoms with van der Waals surface area (Å²) in [4.78, 5) is 20.6. The van der Waals surface area contributed by atoms with Gasteiger partial charge in [0.1, 0.15) is 0 Å². The minimum atomic E-state index is -1.28. The molecule has 16 heavy (non-hydrogen) atoms. The normalized spacial score (nSPS) is 9.94. The maximum Gasteiger partial charge on any atom is 0.339 e. The molecule has 0 aliphatic carbocycles. The molecule has 0 aliphatic heterocycles. The number of phenols is 1. The molecule has 0 unspecified atom stereocenters. The highest BCUT2D eigenvalue weighted by Crippen LogP contribution is 2.36. The SMILES string of the molecule is COC(=O)c1cc([N+](=O)[O-])c(O)c(F)c1Br. The summed E-state index contributed by atoms with van der Waals surface area (Å²) in [6.45, 7) is 0. The Morgan fingerprint density at radius 2 is 2.25 bits per heavy atom. The molecular weight excluding hydrogens is 289 g/mol. The summed E-state index contributed by atoms with van der Waals surface area (Å²) < 4.78 is 17.2. The van der Waals surface area contributed by atoms with Crippen LogP contribution in [0.25, 0.3) is 0 Å². The van der Waals surface area contributed by atoms with Crippen molar-refractivity contribution in [2.75, 3.05) is 7.11 Å². The minimum absolute atomic E-state index is 0.371. The van der Waals surface area contributed by atoms with Crippen molar-refractivity contribution >= 4 is 27.6 Å². The van der Waals surface area contributed by atoms with Gasteiger partial charge in [0.15, 0.2) is 5.82 Å². The van der Waals surface area contributed by atoms with Crippen LogP contribution >= 0.6 is 15.9 Å². The highest BCUT2D eigenvalue weighted by molar-refractivity contribution is 9.10. The Hall–Kier alpha value is -1.70. The molecule has 1 aromatic rings. The fourth-order valence-corrected chi connectivity index (χ4v) is 1.46. The average Bonchev–Trinajstić information content (AvgIpc) is 2.25. The molecule has 0 amide bonds. The van der Waals surface area contributed by atoms with E-state index in [1.165, 1.54) is 0 Å². The summed E-state index contributed by atoms with van der Waals surface area (Å²) in [6, 6.07) is 0.730. The van der Waals surface area contributed by atoms with Gasteiger partial charge in [0, 0.05) is 6.07 Å². The third-order valence-corrected chi connectivity index (χ3v) is 2.54. The first kappa shape index (κ1) is 12.4. The van der Waals surface area contributed by atoms with Crippen molar-refractivity contribution in [2.24, 2.45) is 0 Å². The second kappa shape index (κ2) is 4.44. The largest absolute Gasteiger partial charge is 0.500 e. The molecule has 0 aliphatic rings. The summed E-state index contributed by atoms with van der Waals surface area (Å²) in [5.41, 5.74) is -1.27. The fraction of sp³-hybridized carbons (Fsp3) is 0.125. The zero-order valence-corrected chi connectivity index (χ0v) is 9.45. The summed E-state index contributed by atoms with van der Waals surface area (Å²) in [5, 5.41) is 19.6. The summed E-state index contributed by atoms with van der Waals surface area (Å²) in [7, 11) is 1.05. The fourth-order valence-electron chi connectivity index (χ4n) is 1.00. The predicted molar refractivity (Wildman–Crippen MR) is 53.8 cm³/mol. The van der Waals surface area contributed by atoms with E-state index >= 15 is 0 Å². The molecule has 0 bridgehead atoms. The molecule has 0 atom stereocenters. The van der Waals surface area contributed by atoms with E-state index in [2.05, 4.69) is 20.7 Å². The van der Waals surface area contributed by atoms with Crippen molar-refractivity contribution in [1.82, 2.24) is 0 Å². The van der Waals surface area contributed by atoms with Gasteiger partial charge in [-0.1, -0.05) is 0 Å². The highest BCUT2D eigenvalue weighted by atomic mass is 79.9. The van der Waals surface area contributed by atoms with E-state index in [9.17, 15) is 19.3 Å². The van der Waals surface area contributed by atoms with E-state index in [0.29, 0.717) is 0 Å². The van der Waals surface area contributed by atoms with Gasteiger partial charge < -0.3 is 9.84 Å². The Morgan fingerprint density at radius 1 is 1.69 bits per heavy atom. The highest BCUT2D eigenvalue weighted by Gasteiger charge is 2.26. The van der Waals surface area contributed by atoms with Gasteiger partial charge in [-0.3, -0.25) is 10.1 Å². The lowest BCUT2D eigenvalue weighted by molar-refractivity contribution is -0.386. The van der Waals surface area contributed by atoms with Crippen molar-refractivity contribution < 1.29 is 24.0 Å². The molecule has 1 rings (SSSR count). The van der Waals surface area contributed by atoms with Gasteiger partial charge in [0.25, 0.3) is 0 Å². The molecule has 86 valence electrons. The van der Waals surface area contributed by atoms with Crippen molar-refractivity contribution in [1.29, 1.82) is 0 Å². The number of carbonyl (C=O) groups is 1. The number of carbonyl (C=O) groups excluding carboxylic acids is 1. The van der Waals surface area contributed by atoms with Gasteiger partial charge in [-0.15, -0.1) is 0 Å². The quantitative estimate of drug-likeness (QED) is 0.512. The van der Waals surface area contributed by atoms with Crippen LogP contribution in [0.15, 0.2) is 10.5 Å². The predicted octanol–water partition coefficient (Wildman–Crippen LogP) is 1.99. The summed E-state index contributed by atoms with van der Waals surface area (Å²) in [6.07, 6.45) is 0. The van der Waals surface area contributed by atoms with Crippen LogP contribution in [0.3, 0.4) is 0 Å². The summed E-state index contributed by atoms with van der Waals surface area (Å²) in [5.74, 6) is -3.37. The second-order valence-corrected chi connectivity index (χ2v) is 3.46. The van der Waals surface area contributed by atoms with Gasteiger partial charge in [-0.05, 0) is 15.9 Å². The molecular formula is C8H5BrFNO5. The number of halogens is 2. The molecule has 8 heteroatoms. The molecule has 0 spiro atoms. The monoisotopic (exact) mass is 293 g/mol. The smallest absolute Gasteiger partial charge is 0.339 e. The number of nitro groups is 1. The van der Waals surface area contributed by atoms with Crippen molar-refractivity contribution in [2.45, 2.75) is 0 Å². The van der Waals surface area contributed by atoms with Crippen LogP contribution in [0.2, 0.25) is 0 Å². The Kier molecular flexibility index (Phi) is 3.43. The Morgan fingerprint density at radius 3 is 2.69 bits per heavy atom. The first-order valence-electron chi connectivity index (χ1n) is 3.83. The van der Waals surface area contributed by atoms with Crippen molar-refractivity contribution in [3.05, 3.63) is 32.0 Å². The number of nitro benzene ring substituents is 1. The molecule has 1 N–H and O–H groups in total. The number of nitrogens with zero attached hydrogens (tertiary/aromatic N) is 1. The number of methoxy groups -OCH3 is 1. The van der Waals surface area contributed by atoms with Crippen LogP contribution in [0.1, 0.15) is 10.4 Å². The van der Waals surface area contributed by atoms with Crippen LogP contribution in [-0.2, 0) is 4.74 Å². The van der Waals surface area contributed by atoms with Gasteiger partial charge >= 0.3 is 11.7 Å². The van der Waals surface area contributed by atoms with E-state index in [1.54, 1.807) is 0 Å². The number of hydrogen-bond donors (Lipinski definition) is 1. The zero-order valence-electron chi connectivity index (χ0n) is 7.86. The second-order valence-electron chi connectivity index (χ2n) is 2.67. The van der Waals surface area contributed by atoms with Crippen LogP contribution in [-0.4, -0.2) is 23.1 Å². The number of esters is 1. The molecule has 0 radical (unpaired) electrons. The Bertz CT molecular complexity index is 476. The number of aromatic hydroxyl groups is 1. The van der Waals surface area contributed by atoms with E-state index < -0.39 is 28.1 Å². The van der Waals surface area contributed by atoms with Gasteiger partial charge in [-0.25, -0.2) is 9.18 Å². The van der Waals surface area contributed by atoms with Crippen LogP contribution in [0, 0.1) is 15.9 Å². The topological polar surface area (TPSA) is 89.7 Å².